The van der Waals surface area contributed by atoms with Gasteiger partial charge in [-0.1, -0.05) is 6.92 Å². The van der Waals surface area contributed by atoms with Gasteiger partial charge in [0.15, 0.2) is 0 Å². The van der Waals surface area contributed by atoms with Crippen LogP contribution in [0.3, 0.4) is 0 Å². The summed E-state index contributed by atoms with van der Waals surface area (Å²) >= 11 is 3.10. The van der Waals surface area contributed by atoms with Crippen molar-refractivity contribution >= 4 is 15.9 Å². The van der Waals surface area contributed by atoms with Gasteiger partial charge < -0.3 is 5.11 Å². The number of aromatic hydroxyl groups is 1. The van der Waals surface area contributed by atoms with Crippen molar-refractivity contribution in [2.75, 3.05) is 0 Å². The van der Waals surface area contributed by atoms with E-state index in [1.807, 2.05) is 6.92 Å². The zero-order valence-corrected chi connectivity index (χ0v) is 7.22. The van der Waals surface area contributed by atoms with Crippen molar-refractivity contribution in [3.05, 3.63) is 22.4 Å². The van der Waals surface area contributed by atoms with Crippen LogP contribution in [0, 0.1) is 0 Å². The average Bonchev–Trinajstić information content (AvgIpc) is 1.95. The zero-order valence-electron chi connectivity index (χ0n) is 5.63. The first-order valence-corrected chi connectivity index (χ1v) is 3.86. The number of hydrogen-bond donors (Lipinski definition) is 1. The standard InChI is InChI=1S/C7H8BrNO/c1-2-5-3-6(10)7(8)9-4-5/h3-4,10H,2H2,1H3. The summed E-state index contributed by atoms with van der Waals surface area (Å²) in [5.41, 5.74) is 1.04. The Morgan fingerprint density at radius 1 is 1.70 bits per heavy atom. The molecule has 0 bridgehead atoms. The van der Waals surface area contributed by atoms with Gasteiger partial charge in [-0.2, -0.15) is 0 Å². The number of nitrogens with zero attached hydrogens (tertiary/aromatic N) is 1. The van der Waals surface area contributed by atoms with Crippen LogP contribution >= 0.6 is 15.9 Å². The van der Waals surface area contributed by atoms with Gasteiger partial charge in [0.1, 0.15) is 10.4 Å². The lowest BCUT2D eigenvalue weighted by Crippen LogP contribution is -1.82. The Morgan fingerprint density at radius 3 is 2.90 bits per heavy atom. The van der Waals surface area contributed by atoms with Crippen molar-refractivity contribution in [3.63, 3.8) is 0 Å². The maximum atomic E-state index is 9.12. The third kappa shape index (κ3) is 1.48. The topological polar surface area (TPSA) is 33.1 Å². The van der Waals surface area contributed by atoms with E-state index in [0.717, 1.165) is 12.0 Å². The fourth-order valence-corrected chi connectivity index (χ4v) is 0.888. The van der Waals surface area contributed by atoms with Gasteiger partial charge in [0.05, 0.1) is 0 Å². The van der Waals surface area contributed by atoms with Crippen LogP contribution in [0.15, 0.2) is 16.9 Å². The largest absolute Gasteiger partial charge is 0.505 e. The molecule has 0 aromatic carbocycles. The van der Waals surface area contributed by atoms with Crippen LogP contribution in [-0.2, 0) is 6.42 Å². The number of rotatable bonds is 1. The molecular formula is C7H8BrNO. The molecule has 0 atom stereocenters. The van der Waals surface area contributed by atoms with Gasteiger partial charge in [0.25, 0.3) is 0 Å². The van der Waals surface area contributed by atoms with Gasteiger partial charge in [-0.05, 0) is 34.0 Å². The van der Waals surface area contributed by atoms with Crippen LogP contribution in [0.4, 0.5) is 0 Å². The first kappa shape index (κ1) is 7.54. The molecule has 1 aromatic heterocycles. The SMILES string of the molecule is CCc1cnc(Br)c(O)c1. The number of halogens is 1. The highest BCUT2D eigenvalue weighted by Crippen LogP contribution is 2.21. The number of aromatic nitrogens is 1. The van der Waals surface area contributed by atoms with E-state index < -0.39 is 0 Å². The minimum absolute atomic E-state index is 0.208. The molecule has 54 valence electrons. The van der Waals surface area contributed by atoms with Crippen LogP contribution in [0.25, 0.3) is 0 Å². The third-order valence-electron chi connectivity index (χ3n) is 1.29. The summed E-state index contributed by atoms with van der Waals surface area (Å²) in [5.74, 6) is 0.208. The summed E-state index contributed by atoms with van der Waals surface area (Å²) in [6.07, 6.45) is 2.64. The number of hydrogen-bond acceptors (Lipinski definition) is 2. The lowest BCUT2D eigenvalue weighted by Gasteiger charge is -1.97. The molecule has 1 N–H and O–H groups in total. The van der Waals surface area contributed by atoms with Gasteiger partial charge >= 0.3 is 0 Å². The normalized spacial score (nSPS) is 9.80. The van der Waals surface area contributed by atoms with Gasteiger partial charge in [-0.25, -0.2) is 4.98 Å². The fraction of sp³-hybridized carbons (Fsp3) is 0.286. The summed E-state index contributed by atoms with van der Waals surface area (Å²) in [4.78, 5) is 3.92. The van der Waals surface area contributed by atoms with Gasteiger partial charge in [-0.15, -0.1) is 0 Å². The van der Waals surface area contributed by atoms with Crippen molar-refractivity contribution in [3.8, 4) is 5.75 Å². The van der Waals surface area contributed by atoms with E-state index in [1.54, 1.807) is 12.3 Å². The highest BCUT2D eigenvalue weighted by atomic mass is 79.9. The van der Waals surface area contributed by atoms with E-state index in [9.17, 15) is 0 Å². The second-order valence-corrected chi connectivity index (χ2v) is 2.76. The minimum atomic E-state index is 0.208. The maximum Gasteiger partial charge on any atom is 0.148 e. The van der Waals surface area contributed by atoms with Crippen molar-refractivity contribution < 1.29 is 5.11 Å². The fourth-order valence-electron chi connectivity index (χ4n) is 0.671. The quantitative estimate of drug-likeness (QED) is 0.707. The van der Waals surface area contributed by atoms with Gasteiger partial charge in [-0.3, -0.25) is 0 Å². The monoisotopic (exact) mass is 201 g/mol. The highest BCUT2D eigenvalue weighted by molar-refractivity contribution is 9.10. The molecule has 1 aromatic rings. The summed E-state index contributed by atoms with van der Waals surface area (Å²) < 4.78 is 0.504. The maximum absolute atomic E-state index is 9.12. The molecule has 1 rings (SSSR count). The van der Waals surface area contributed by atoms with Crippen LogP contribution < -0.4 is 0 Å². The predicted molar refractivity (Wildman–Crippen MR) is 43.0 cm³/mol. The molecule has 0 fully saturated rings. The van der Waals surface area contributed by atoms with E-state index in [4.69, 9.17) is 5.11 Å². The van der Waals surface area contributed by atoms with E-state index in [1.165, 1.54) is 0 Å². The van der Waals surface area contributed by atoms with Crippen LogP contribution in [-0.4, -0.2) is 10.1 Å². The van der Waals surface area contributed by atoms with Crippen molar-refractivity contribution in [2.45, 2.75) is 13.3 Å². The lowest BCUT2D eigenvalue weighted by atomic mass is 10.2. The number of pyridine rings is 1. The Balaban J connectivity index is 3.04. The van der Waals surface area contributed by atoms with Crippen molar-refractivity contribution in [1.29, 1.82) is 0 Å². The molecule has 0 aliphatic carbocycles. The summed E-state index contributed by atoms with van der Waals surface area (Å²) in [6.45, 7) is 2.02. The minimum Gasteiger partial charge on any atom is -0.505 e. The first-order valence-electron chi connectivity index (χ1n) is 3.07. The Bertz CT molecular complexity index is 237. The summed E-state index contributed by atoms with van der Waals surface area (Å²) in [7, 11) is 0. The molecular weight excluding hydrogens is 194 g/mol. The Labute approximate surface area is 68.0 Å². The average molecular weight is 202 g/mol. The molecule has 0 unspecified atom stereocenters. The van der Waals surface area contributed by atoms with E-state index in [2.05, 4.69) is 20.9 Å². The van der Waals surface area contributed by atoms with Crippen LogP contribution in [0.2, 0.25) is 0 Å². The van der Waals surface area contributed by atoms with Crippen LogP contribution in [0.1, 0.15) is 12.5 Å². The summed E-state index contributed by atoms with van der Waals surface area (Å²) in [6, 6.07) is 1.71. The molecule has 0 saturated carbocycles. The van der Waals surface area contributed by atoms with E-state index in [-0.39, 0.29) is 5.75 Å². The molecule has 3 heteroatoms. The van der Waals surface area contributed by atoms with Crippen molar-refractivity contribution in [2.24, 2.45) is 0 Å². The Hall–Kier alpha value is -0.570. The first-order chi connectivity index (χ1) is 4.74. The van der Waals surface area contributed by atoms with Crippen LogP contribution in [0.5, 0.6) is 5.75 Å². The third-order valence-corrected chi connectivity index (χ3v) is 1.90. The molecule has 0 amide bonds. The Morgan fingerprint density at radius 2 is 2.40 bits per heavy atom. The summed E-state index contributed by atoms with van der Waals surface area (Å²) in [5, 5.41) is 9.12. The van der Waals surface area contributed by atoms with Gasteiger partial charge in [0, 0.05) is 6.20 Å². The predicted octanol–water partition coefficient (Wildman–Crippen LogP) is 2.11. The molecule has 0 aliphatic heterocycles. The Kier molecular flexibility index (Phi) is 2.27. The van der Waals surface area contributed by atoms with E-state index >= 15 is 0 Å². The molecule has 0 aliphatic rings. The second kappa shape index (κ2) is 3.01. The molecule has 10 heavy (non-hydrogen) atoms. The van der Waals surface area contributed by atoms with E-state index in [0.29, 0.717) is 4.60 Å². The highest BCUT2D eigenvalue weighted by Gasteiger charge is 1.97. The smallest absolute Gasteiger partial charge is 0.148 e. The molecule has 0 radical (unpaired) electrons. The zero-order chi connectivity index (χ0) is 7.56. The van der Waals surface area contributed by atoms with Gasteiger partial charge in [0.2, 0.25) is 0 Å². The second-order valence-electron chi connectivity index (χ2n) is 2.01. The lowest BCUT2D eigenvalue weighted by molar-refractivity contribution is 0.467. The molecule has 2 nitrogen and oxygen atoms in total. The molecule has 1 heterocycles. The molecule has 0 saturated heterocycles. The number of aryl methyl sites for hydroxylation is 1. The molecule has 0 spiro atoms. The van der Waals surface area contributed by atoms with Crippen molar-refractivity contribution in [1.82, 2.24) is 4.98 Å².